The lowest BCUT2D eigenvalue weighted by Crippen LogP contribution is -2.30. The van der Waals surface area contributed by atoms with E-state index in [-0.39, 0.29) is 12.5 Å². The van der Waals surface area contributed by atoms with Crippen molar-refractivity contribution in [2.24, 2.45) is 0 Å². The lowest BCUT2D eigenvalue weighted by Gasteiger charge is -2.17. The number of esters is 1. The Kier molecular flexibility index (Phi) is 5.80. The second-order valence-electron chi connectivity index (χ2n) is 7.25. The number of hydrogen-bond donors (Lipinski definition) is 0. The van der Waals surface area contributed by atoms with Gasteiger partial charge in [-0.15, -0.1) is 0 Å². The summed E-state index contributed by atoms with van der Waals surface area (Å²) in [7, 11) is 1.64. The van der Waals surface area contributed by atoms with Crippen molar-refractivity contribution in [3.8, 4) is 11.3 Å². The number of likely N-dealkylation sites (N-methyl/N-ethyl adjacent to an activating group) is 1. The van der Waals surface area contributed by atoms with Crippen LogP contribution in [0.15, 0.2) is 77.4 Å². The van der Waals surface area contributed by atoms with Gasteiger partial charge in [-0.1, -0.05) is 48.5 Å². The molecule has 6 nitrogen and oxygen atoms in total. The van der Waals surface area contributed by atoms with Crippen LogP contribution in [0.25, 0.3) is 22.2 Å². The molecule has 0 unspecified atom stereocenters. The molecule has 0 radical (unpaired) electrons. The number of rotatable bonds is 6. The number of amides is 1. The first-order valence-corrected chi connectivity index (χ1v) is 9.93. The highest BCUT2D eigenvalue weighted by Crippen LogP contribution is 2.30. The van der Waals surface area contributed by atoms with Gasteiger partial charge in [-0.2, -0.15) is 0 Å². The molecule has 0 bridgehead atoms. The maximum Gasteiger partial charge on any atom is 0.339 e. The summed E-state index contributed by atoms with van der Waals surface area (Å²) in [5.74, 6) is -0.206. The minimum atomic E-state index is -0.548. The molecule has 0 N–H and O–H groups in total. The third-order valence-corrected chi connectivity index (χ3v) is 5.11. The number of fused-ring (bicyclic) bond motifs is 1. The first-order chi connectivity index (χ1) is 15.0. The predicted octanol–water partition coefficient (Wildman–Crippen LogP) is 4.62. The van der Waals surface area contributed by atoms with E-state index in [1.165, 1.54) is 4.90 Å². The van der Waals surface area contributed by atoms with Gasteiger partial charge >= 0.3 is 5.97 Å². The number of nitrogens with zero attached hydrogens (tertiary/aromatic N) is 2. The molecule has 0 spiro atoms. The number of carbonyl (C=O) groups excluding carboxylic acids is 2. The Labute approximate surface area is 180 Å². The Hall–Kier alpha value is -3.93. The van der Waals surface area contributed by atoms with Crippen LogP contribution in [0.1, 0.15) is 21.7 Å². The molecule has 0 fully saturated rings. The van der Waals surface area contributed by atoms with Crippen LogP contribution in [-0.2, 0) is 16.1 Å². The zero-order valence-corrected chi connectivity index (χ0v) is 17.4. The van der Waals surface area contributed by atoms with Gasteiger partial charge in [0.2, 0.25) is 0 Å². The molecule has 2 aromatic heterocycles. The molecule has 0 saturated carbocycles. The highest BCUT2D eigenvalue weighted by atomic mass is 16.5. The molecule has 31 heavy (non-hydrogen) atoms. The van der Waals surface area contributed by atoms with E-state index < -0.39 is 5.97 Å². The van der Waals surface area contributed by atoms with E-state index in [0.717, 1.165) is 5.56 Å². The van der Waals surface area contributed by atoms with E-state index in [2.05, 4.69) is 0 Å². The number of benzene rings is 2. The topological polar surface area (TPSA) is 72.6 Å². The van der Waals surface area contributed by atoms with Crippen LogP contribution >= 0.6 is 0 Å². The SMILES string of the molecule is Cc1c(-c2ccccc2)nc2ccccc2c1C(=O)OCC(=O)N(C)Cc1ccco1. The van der Waals surface area contributed by atoms with Gasteiger partial charge in [-0.25, -0.2) is 9.78 Å². The second-order valence-corrected chi connectivity index (χ2v) is 7.25. The Morgan fingerprint density at radius 3 is 2.48 bits per heavy atom. The maximum absolute atomic E-state index is 13.1. The third-order valence-electron chi connectivity index (χ3n) is 5.11. The number of pyridine rings is 1. The number of para-hydroxylation sites is 1. The molecule has 0 aliphatic carbocycles. The molecule has 6 heteroatoms. The third kappa shape index (κ3) is 4.33. The Bertz CT molecular complexity index is 1220. The van der Waals surface area contributed by atoms with E-state index in [4.69, 9.17) is 14.1 Å². The van der Waals surface area contributed by atoms with Crippen LogP contribution in [-0.4, -0.2) is 35.4 Å². The Morgan fingerprint density at radius 1 is 1.00 bits per heavy atom. The van der Waals surface area contributed by atoms with E-state index >= 15 is 0 Å². The normalized spacial score (nSPS) is 10.8. The molecule has 4 aromatic rings. The predicted molar refractivity (Wildman–Crippen MR) is 117 cm³/mol. The smallest absolute Gasteiger partial charge is 0.339 e. The van der Waals surface area contributed by atoms with Crippen LogP contribution in [0.2, 0.25) is 0 Å². The highest BCUT2D eigenvalue weighted by molar-refractivity contribution is 6.06. The summed E-state index contributed by atoms with van der Waals surface area (Å²) in [6.45, 7) is 1.80. The summed E-state index contributed by atoms with van der Waals surface area (Å²) in [6.07, 6.45) is 1.55. The zero-order chi connectivity index (χ0) is 21.8. The standard InChI is InChI=1S/C25H22N2O4/c1-17-23(25(29)31-16-22(28)27(2)15-19-11-8-14-30-19)20-12-6-7-13-21(20)26-24(17)18-9-4-3-5-10-18/h3-14H,15-16H2,1-2H3. The lowest BCUT2D eigenvalue weighted by molar-refractivity contribution is -0.133. The number of hydrogen-bond acceptors (Lipinski definition) is 5. The summed E-state index contributed by atoms with van der Waals surface area (Å²) in [6, 6.07) is 20.7. The van der Waals surface area contributed by atoms with Gasteiger partial charge in [0.25, 0.3) is 5.91 Å². The number of aromatic nitrogens is 1. The monoisotopic (exact) mass is 414 g/mol. The van der Waals surface area contributed by atoms with E-state index in [0.29, 0.717) is 40.0 Å². The van der Waals surface area contributed by atoms with Gasteiger partial charge < -0.3 is 14.1 Å². The highest BCUT2D eigenvalue weighted by Gasteiger charge is 2.21. The summed E-state index contributed by atoms with van der Waals surface area (Å²) in [4.78, 5) is 31.7. The largest absolute Gasteiger partial charge is 0.467 e. The Morgan fingerprint density at radius 2 is 1.74 bits per heavy atom. The summed E-state index contributed by atoms with van der Waals surface area (Å²) in [5, 5.41) is 0.695. The maximum atomic E-state index is 13.1. The fourth-order valence-electron chi connectivity index (χ4n) is 3.48. The van der Waals surface area contributed by atoms with Crippen molar-refractivity contribution in [2.45, 2.75) is 13.5 Å². The molecule has 2 heterocycles. The number of furan rings is 1. The zero-order valence-electron chi connectivity index (χ0n) is 17.4. The van der Waals surface area contributed by atoms with Crippen molar-refractivity contribution in [3.05, 3.63) is 89.9 Å². The van der Waals surface area contributed by atoms with Crippen molar-refractivity contribution in [1.29, 1.82) is 0 Å². The first-order valence-electron chi connectivity index (χ1n) is 9.93. The molecule has 0 aliphatic heterocycles. The fourth-order valence-corrected chi connectivity index (χ4v) is 3.48. The quantitative estimate of drug-likeness (QED) is 0.431. The molecular weight excluding hydrogens is 392 g/mol. The molecular formula is C25H22N2O4. The van der Waals surface area contributed by atoms with Crippen molar-refractivity contribution in [2.75, 3.05) is 13.7 Å². The number of ether oxygens (including phenoxy) is 1. The minimum Gasteiger partial charge on any atom is -0.467 e. The van der Waals surface area contributed by atoms with Gasteiger partial charge in [0, 0.05) is 18.0 Å². The lowest BCUT2D eigenvalue weighted by atomic mass is 9.98. The molecule has 156 valence electrons. The van der Waals surface area contributed by atoms with Crippen LogP contribution in [0.4, 0.5) is 0 Å². The van der Waals surface area contributed by atoms with Crippen LogP contribution in [0.5, 0.6) is 0 Å². The summed E-state index contributed by atoms with van der Waals surface area (Å²) in [5.41, 5.74) is 3.46. The summed E-state index contributed by atoms with van der Waals surface area (Å²) < 4.78 is 10.7. The fraction of sp³-hybridized carbons (Fsp3) is 0.160. The molecule has 0 aliphatic rings. The van der Waals surface area contributed by atoms with Gasteiger partial charge in [0.1, 0.15) is 5.76 Å². The van der Waals surface area contributed by atoms with Crippen LogP contribution in [0.3, 0.4) is 0 Å². The van der Waals surface area contributed by atoms with Crippen molar-refractivity contribution < 1.29 is 18.7 Å². The number of carbonyl (C=O) groups is 2. The first kappa shape index (κ1) is 20.3. The molecule has 0 atom stereocenters. The molecule has 2 aromatic carbocycles. The Balaban J connectivity index is 1.60. The van der Waals surface area contributed by atoms with Gasteiger partial charge in [0.15, 0.2) is 6.61 Å². The minimum absolute atomic E-state index is 0.304. The average Bonchev–Trinajstić information content (AvgIpc) is 3.30. The second kappa shape index (κ2) is 8.83. The average molecular weight is 414 g/mol. The molecule has 4 rings (SSSR count). The molecule has 0 saturated heterocycles. The van der Waals surface area contributed by atoms with Crippen molar-refractivity contribution >= 4 is 22.8 Å². The van der Waals surface area contributed by atoms with Crippen molar-refractivity contribution in [3.63, 3.8) is 0 Å². The van der Waals surface area contributed by atoms with Crippen LogP contribution in [0, 0.1) is 6.92 Å². The van der Waals surface area contributed by atoms with E-state index in [1.54, 1.807) is 25.4 Å². The van der Waals surface area contributed by atoms with Gasteiger partial charge in [0.05, 0.1) is 29.6 Å². The molecule has 1 amide bonds. The van der Waals surface area contributed by atoms with Gasteiger partial charge in [-0.05, 0) is 30.7 Å². The van der Waals surface area contributed by atoms with E-state index in [1.807, 2.05) is 61.5 Å². The van der Waals surface area contributed by atoms with Gasteiger partial charge in [-0.3, -0.25) is 4.79 Å². The summed E-state index contributed by atoms with van der Waals surface area (Å²) >= 11 is 0. The van der Waals surface area contributed by atoms with E-state index in [9.17, 15) is 9.59 Å². The van der Waals surface area contributed by atoms with Crippen LogP contribution < -0.4 is 0 Å². The van der Waals surface area contributed by atoms with Crippen molar-refractivity contribution in [1.82, 2.24) is 9.88 Å².